The predicted molar refractivity (Wildman–Crippen MR) is 72.1 cm³/mol. The zero-order valence-corrected chi connectivity index (χ0v) is 11.9. The molecule has 0 aliphatic carbocycles. The van der Waals surface area contributed by atoms with Crippen molar-refractivity contribution in [3.63, 3.8) is 0 Å². The lowest BCUT2D eigenvalue weighted by Gasteiger charge is -2.23. The van der Waals surface area contributed by atoms with Crippen LogP contribution in [0, 0.1) is 0 Å². The van der Waals surface area contributed by atoms with Crippen LogP contribution in [0.1, 0.15) is 33.1 Å². The SMILES string of the molecule is CCCS(=O)(=O)CCN1CCCNC(CC)C1. The van der Waals surface area contributed by atoms with E-state index in [1.54, 1.807) is 0 Å². The van der Waals surface area contributed by atoms with Crippen molar-refractivity contribution in [2.75, 3.05) is 37.7 Å². The highest BCUT2D eigenvalue weighted by atomic mass is 32.2. The summed E-state index contributed by atoms with van der Waals surface area (Å²) in [7, 11) is -2.83. The molecule has 1 saturated heterocycles. The van der Waals surface area contributed by atoms with E-state index in [1.807, 2.05) is 6.92 Å². The number of hydrogen-bond acceptors (Lipinski definition) is 4. The van der Waals surface area contributed by atoms with E-state index in [-0.39, 0.29) is 0 Å². The Bertz CT molecular complexity index is 304. The predicted octanol–water partition coefficient (Wildman–Crippen LogP) is 0.885. The number of sulfone groups is 1. The number of nitrogens with one attached hydrogen (secondary N) is 1. The van der Waals surface area contributed by atoms with Crippen LogP contribution in [0.25, 0.3) is 0 Å². The molecule has 0 spiro atoms. The summed E-state index contributed by atoms with van der Waals surface area (Å²) in [5, 5.41) is 3.49. The average molecular weight is 262 g/mol. The lowest BCUT2D eigenvalue weighted by atomic mass is 10.2. The smallest absolute Gasteiger partial charge is 0.151 e. The van der Waals surface area contributed by atoms with Gasteiger partial charge in [0.05, 0.1) is 5.75 Å². The van der Waals surface area contributed by atoms with E-state index in [4.69, 9.17) is 0 Å². The highest BCUT2D eigenvalue weighted by molar-refractivity contribution is 7.91. The summed E-state index contributed by atoms with van der Waals surface area (Å²) in [6.45, 7) is 7.84. The van der Waals surface area contributed by atoms with Gasteiger partial charge < -0.3 is 10.2 Å². The molecule has 0 aromatic heterocycles. The second-order valence-corrected chi connectivity index (χ2v) is 7.17. The molecule has 1 aliphatic heterocycles. The molecule has 1 atom stereocenters. The van der Waals surface area contributed by atoms with E-state index in [2.05, 4.69) is 17.1 Å². The Morgan fingerprint density at radius 3 is 2.71 bits per heavy atom. The third-order valence-corrected chi connectivity index (χ3v) is 5.12. The quantitative estimate of drug-likeness (QED) is 0.772. The van der Waals surface area contributed by atoms with Crippen LogP contribution < -0.4 is 5.32 Å². The maximum Gasteiger partial charge on any atom is 0.151 e. The van der Waals surface area contributed by atoms with Crippen molar-refractivity contribution in [3.8, 4) is 0 Å². The van der Waals surface area contributed by atoms with E-state index in [0.29, 0.717) is 24.1 Å². The van der Waals surface area contributed by atoms with Crippen molar-refractivity contribution < 1.29 is 8.42 Å². The van der Waals surface area contributed by atoms with Crippen LogP contribution in [-0.4, -0.2) is 57.0 Å². The Morgan fingerprint density at radius 2 is 2.06 bits per heavy atom. The van der Waals surface area contributed by atoms with Crippen molar-refractivity contribution in [1.29, 1.82) is 0 Å². The van der Waals surface area contributed by atoms with E-state index < -0.39 is 9.84 Å². The maximum atomic E-state index is 11.7. The van der Waals surface area contributed by atoms with Gasteiger partial charge in [-0.05, 0) is 32.4 Å². The van der Waals surface area contributed by atoms with Crippen molar-refractivity contribution >= 4 is 9.84 Å². The van der Waals surface area contributed by atoms with Crippen LogP contribution >= 0.6 is 0 Å². The summed E-state index contributed by atoms with van der Waals surface area (Å²) >= 11 is 0. The first kappa shape index (κ1) is 14.9. The molecule has 1 rings (SSSR count). The molecular weight excluding hydrogens is 236 g/mol. The Morgan fingerprint density at radius 1 is 1.29 bits per heavy atom. The van der Waals surface area contributed by atoms with Crippen LogP contribution in [0.5, 0.6) is 0 Å². The number of rotatable bonds is 6. The molecule has 0 saturated carbocycles. The van der Waals surface area contributed by atoms with Gasteiger partial charge >= 0.3 is 0 Å². The van der Waals surface area contributed by atoms with Gasteiger partial charge in [-0.2, -0.15) is 0 Å². The Kier molecular flexibility index (Phi) is 6.44. The molecule has 1 N–H and O–H groups in total. The van der Waals surface area contributed by atoms with Crippen LogP contribution in [-0.2, 0) is 9.84 Å². The second-order valence-electron chi connectivity index (χ2n) is 4.87. The molecule has 17 heavy (non-hydrogen) atoms. The van der Waals surface area contributed by atoms with Gasteiger partial charge in [0.25, 0.3) is 0 Å². The van der Waals surface area contributed by atoms with Crippen molar-refractivity contribution in [2.45, 2.75) is 39.2 Å². The van der Waals surface area contributed by atoms with Gasteiger partial charge in [-0.15, -0.1) is 0 Å². The fourth-order valence-electron chi connectivity index (χ4n) is 2.23. The third-order valence-electron chi connectivity index (χ3n) is 3.29. The highest BCUT2D eigenvalue weighted by Gasteiger charge is 2.18. The molecule has 1 fully saturated rings. The summed E-state index contributed by atoms with van der Waals surface area (Å²) in [5.41, 5.74) is 0. The van der Waals surface area contributed by atoms with Gasteiger partial charge in [0.1, 0.15) is 0 Å². The summed E-state index contributed by atoms with van der Waals surface area (Å²) in [4.78, 5) is 2.29. The summed E-state index contributed by atoms with van der Waals surface area (Å²) < 4.78 is 23.3. The minimum atomic E-state index is -2.83. The van der Waals surface area contributed by atoms with Crippen molar-refractivity contribution in [1.82, 2.24) is 10.2 Å². The fraction of sp³-hybridized carbons (Fsp3) is 1.00. The first-order valence-electron chi connectivity index (χ1n) is 6.73. The van der Waals surface area contributed by atoms with Crippen molar-refractivity contribution in [3.05, 3.63) is 0 Å². The minimum Gasteiger partial charge on any atom is -0.313 e. The monoisotopic (exact) mass is 262 g/mol. The third kappa shape index (κ3) is 5.84. The molecule has 1 aliphatic rings. The number of hydrogen-bond donors (Lipinski definition) is 1. The van der Waals surface area contributed by atoms with E-state index >= 15 is 0 Å². The lowest BCUT2D eigenvalue weighted by molar-refractivity contribution is 0.279. The van der Waals surface area contributed by atoms with Crippen LogP contribution in [0.4, 0.5) is 0 Å². The normalized spacial score (nSPS) is 23.5. The summed E-state index contributed by atoms with van der Waals surface area (Å²) in [5.74, 6) is 0.646. The molecule has 5 heteroatoms. The molecule has 0 aromatic carbocycles. The van der Waals surface area contributed by atoms with Crippen LogP contribution in [0.2, 0.25) is 0 Å². The molecule has 0 bridgehead atoms. The first-order valence-corrected chi connectivity index (χ1v) is 8.55. The standard InChI is InChI=1S/C12H26N2O2S/c1-3-9-17(15,16)10-8-14-7-5-6-13-12(4-2)11-14/h12-13H,3-11H2,1-2H3. The van der Waals surface area contributed by atoms with Gasteiger partial charge in [0, 0.05) is 24.9 Å². The molecular formula is C12H26N2O2S. The Balaban J connectivity index is 2.39. The Labute approximate surface area is 106 Å². The van der Waals surface area contributed by atoms with Crippen LogP contribution in [0.3, 0.4) is 0 Å². The molecule has 0 amide bonds. The van der Waals surface area contributed by atoms with E-state index in [1.165, 1.54) is 0 Å². The van der Waals surface area contributed by atoms with E-state index in [9.17, 15) is 8.42 Å². The van der Waals surface area contributed by atoms with Gasteiger partial charge in [0.15, 0.2) is 9.84 Å². The van der Waals surface area contributed by atoms with Crippen LogP contribution in [0.15, 0.2) is 0 Å². The topological polar surface area (TPSA) is 49.4 Å². The fourth-order valence-corrected chi connectivity index (χ4v) is 3.60. The average Bonchev–Trinajstić information content (AvgIpc) is 2.51. The maximum absolute atomic E-state index is 11.7. The highest BCUT2D eigenvalue weighted by Crippen LogP contribution is 2.04. The molecule has 1 heterocycles. The van der Waals surface area contributed by atoms with E-state index in [0.717, 1.165) is 38.9 Å². The number of nitrogens with zero attached hydrogens (tertiary/aromatic N) is 1. The van der Waals surface area contributed by atoms with Crippen molar-refractivity contribution in [2.24, 2.45) is 0 Å². The van der Waals surface area contributed by atoms with Gasteiger partial charge in [-0.1, -0.05) is 13.8 Å². The second kappa shape index (κ2) is 7.34. The summed E-state index contributed by atoms with van der Waals surface area (Å²) in [6.07, 6.45) is 2.95. The first-order chi connectivity index (χ1) is 8.07. The van der Waals surface area contributed by atoms with Gasteiger partial charge in [-0.3, -0.25) is 0 Å². The molecule has 102 valence electrons. The summed E-state index contributed by atoms with van der Waals surface area (Å²) in [6, 6.07) is 0.520. The minimum absolute atomic E-state index is 0.317. The molecule has 1 unspecified atom stereocenters. The molecule has 0 aromatic rings. The largest absolute Gasteiger partial charge is 0.313 e. The lowest BCUT2D eigenvalue weighted by Crippen LogP contribution is -2.39. The Hall–Kier alpha value is -0.130. The van der Waals surface area contributed by atoms with Gasteiger partial charge in [-0.25, -0.2) is 8.42 Å². The zero-order chi connectivity index (χ0) is 12.7. The zero-order valence-electron chi connectivity index (χ0n) is 11.1. The molecule has 4 nitrogen and oxygen atoms in total. The van der Waals surface area contributed by atoms with Gasteiger partial charge in [0.2, 0.25) is 0 Å². The molecule has 0 radical (unpaired) electrons.